The number of rotatable bonds is 3. The molecule has 0 fully saturated rings. The summed E-state index contributed by atoms with van der Waals surface area (Å²) >= 11 is 7.75. The molecule has 5 nitrogen and oxygen atoms in total. The van der Waals surface area contributed by atoms with Crippen LogP contribution in [-0.4, -0.2) is 19.9 Å². The molecule has 132 valence electrons. The minimum absolute atomic E-state index is 0.165. The van der Waals surface area contributed by atoms with Crippen molar-refractivity contribution in [1.82, 2.24) is 19.9 Å². The van der Waals surface area contributed by atoms with Crippen LogP contribution in [0.3, 0.4) is 0 Å². The zero-order valence-electron chi connectivity index (χ0n) is 14.0. The van der Waals surface area contributed by atoms with Crippen LogP contribution in [-0.2, 0) is 6.42 Å². The van der Waals surface area contributed by atoms with E-state index in [0.717, 1.165) is 28.0 Å². The van der Waals surface area contributed by atoms with Gasteiger partial charge in [0.25, 0.3) is 5.56 Å². The van der Waals surface area contributed by atoms with E-state index < -0.39 is 0 Å². The number of fused-ring (bicyclic) bond motifs is 2. The molecule has 0 aliphatic heterocycles. The Morgan fingerprint density at radius 2 is 1.70 bits per heavy atom. The molecule has 3 heterocycles. The largest absolute Gasteiger partial charge is 0.342 e. The van der Waals surface area contributed by atoms with Crippen LogP contribution in [0.2, 0.25) is 5.02 Å². The lowest BCUT2D eigenvalue weighted by molar-refractivity contribution is 0.924. The van der Waals surface area contributed by atoms with Gasteiger partial charge in [-0.3, -0.25) is 4.79 Å². The molecule has 0 bridgehead atoms. The van der Waals surface area contributed by atoms with Crippen molar-refractivity contribution in [3.05, 3.63) is 80.9 Å². The minimum atomic E-state index is -0.165. The van der Waals surface area contributed by atoms with Crippen molar-refractivity contribution in [3.63, 3.8) is 0 Å². The van der Waals surface area contributed by atoms with E-state index in [1.54, 1.807) is 0 Å². The fourth-order valence-corrected chi connectivity index (χ4v) is 4.40. The van der Waals surface area contributed by atoms with E-state index in [1.807, 2.05) is 53.9 Å². The van der Waals surface area contributed by atoms with Crippen LogP contribution in [0.1, 0.15) is 11.6 Å². The quantitative estimate of drug-likeness (QED) is 0.464. The van der Waals surface area contributed by atoms with Crippen molar-refractivity contribution in [3.8, 4) is 11.1 Å². The fourth-order valence-electron chi connectivity index (χ4n) is 3.20. The number of aromatic nitrogens is 4. The topological polar surface area (TPSA) is 74.4 Å². The Hall–Kier alpha value is -2.96. The molecule has 0 aliphatic rings. The molecule has 0 radical (unpaired) electrons. The van der Waals surface area contributed by atoms with Gasteiger partial charge in [-0.25, -0.2) is 9.97 Å². The zero-order valence-corrected chi connectivity index (χ0v) is 15.6. The Morgan fingerprint density at radius 1 is 0.926 bits per heavy atom. The lowest BCUT2D eigenvalue weighted by Crippen LogP contribution is -2.12. The van der Waals surface area contributed by atoms with Gasteiger partial charge in [0.15, 0.2) is 0 Å². The second-order valence-electron chi connectivity index (χ2n) is 6.20. The molecule has 2 aromatic carbocycles. The number of nitrogens with one attached hydrogen (secondary N) is 2. The van der Waals surface area contributed by atoms with E-state index in [0.29, 0.717) is 27.5 Å². The van der Waals surface area contributed by atoms with Crippen molar-refractivity contribution in [2.24, 2.45) is 0 Å². The number of hydrogen-bond acceptors (Lipinski definition) is 4. The monoisotopic (exact) mass is 392 g/mol. The number of hydrogen-bond donors (Lipinski definition) is 2. The maximum absolute atomic E-state index is 12.8. The minimum Gasteiger partial charge on any atom is -0.342 e. The van der Waals surface area contributed by atoms with Crippen molar-refractivity contribution in [1.29, 1.82) is 0 Å². The number of benzene rings is 2. The second kappa shape index (κ2) is 6.33. The predicted octanol–water partition coefficient (Wildman–Crippen LogP) is 4.77. The van der Waals surface area contributed by atoms with E-state index in [9.17, 15) is 4.79 Å². The second-order valence-corrected chi connectivity index (χ2v) is 7.46. The third-order valence-corrected chi connectivity index (χ3v) is 5.63. The Bertz CT molecular complexity index is 1320. The molecule has 0 atom stereocenters. The van der Waals surface area contributed by atoms with Gasteiger partial charge in [0.1, 0.15) is 16.5 Å². The lowest BCUT2D eigenvalue weighted by atomic mass is 10.1. The first kappa shape index (κ1) is 16.2. The molecule has 5 rings (SSSR count). The zero-order chi connectivity index (χ0) is 18.4. The highest BCUT2D eigenvalue weighted by molar-refractivity contribution is 7.17. The van der Waals surface area contributed by atoms with Gasteiger partial charge in [0.05, 0.1) is 22.8 Å². The fraction of sp³-hybridized carbons (Fsp3) is 0.0500. The molecular weight excluding hydrogens is 380 g/mol. The van der Waals surface area contributed by atoms with E-state index in [4.69, 9.17) is 11.6 Å². The summed E-state index contributed by atoms with van der Waals surface area (Å²) in [5, 5.41) is 3.11. The van der Waals surface area contributed by atoms with Crippen molar-refractivity contribution < 1.29 is 0 Å². The summed E-state index contributed by atoms with van der Waals surface area (Å²) in [7, 11) is 0. The van der Waals surface area contributed by atoms with Crippen LogP contribution in [0.5, 0.6) is 0 Å². The first-order valence-corrected chi connectivity index (χ1v) is 9.64. The molecule has 0 saturated heterocycles. The number of imidazole rings is 1. The van der Waals surface area contributed by atoms with E-state index >= 15 is 0 Å². The Balaban J connectivity index is 1.58. The predicted molar refractivity (Wildman–Crippen MR) is 110 cm³/mol. The molecule has 3 aromatic heterocycles. The number of halogens is 1. The van der Waals surface area contributed by atoms with E-state index in [1.165, 1.54) is 11.3 Å². The van der Waals surface area contributed by atoms with Gasteiger partial charge in [0, 0.05) is 21.5 Å². The highest BCUT2D eigenvalue weighted by Gasteiger charge is 2.15. The summed E-state index contributed by atoms with van der Waals surface area (Å²) in [6.45, 7) is 0. The Labute approximate surface area is 162 Å². The van der Waals surface area contributed by atoms with Gasteiger partial charge in [-0.1, -0.05) is 41.9 Å². The van der Waals surface area contributed by atoms with Crippen molar-refractivity contribution in [2.75, 3.05) is 0 Å². The Kier molecular flexibility index (Phi) is 3.81. The summed E-state index contributed by atoms with van der Waals surface area (Å²) in [6.07, 6.45) is 0.430. The highest BCUT2D eigenvalue weighted by atomic mass is 35.5. The average Bonchev–Trinajstić information content (AvgIpc) is 3.26. The maximum atomic E-state index is 12.8. The molecule has 0 amide bonds. The van der Waals surface area contributed by atoms with Gasteiger partial charge in [-0.2, -0.15) is 0 Å². The molecule has 7 heteroatoms. The molecule has 5 aromatic rings. The van der Waals surface area contributed by atoms with Gasteiger partial charge >= 0.3 is 0 Å². The van der Waals surface area contributed by atoms with Crippen LogP contribution in [0.15, 0.2) is 58.7 Å². The van der Waals surface area contributed by atoms with Crippen molar-refractivity contribution >= 4 is 44.2 Å². The standard InChI is InChI=1S/C20H13ClN4OS/c21-13-6-2-1-5-11(13)12-10-27-20-18(12)19(26)24-17(25-20)9-16-22-14-7-3-4-8-15(14)23-16/h1-8,10H,9H2,(H,22,23)(H,24,25,26). The van der Waals surface area contributed by atoms with Crippen molar-refractivity contribution in [2.45, 2.75) is 6.42 Å². The number of nitrogens with zero attached hydrogens (tertiary/aromatic N) is 2. The number of aromatic amines is 2. The van der Waals surface area contributed by atoms with Crippen LogP contribution < -0.4 is 5.56 Å². The van der Waals surface area contributed by atoms with Gasteiger partial charge in [0.2, 0.25) is 0 Å². The molecular formula is C20H13ClN4OS. The smallest absolute Gasteiger partial charge is 0.260 e. The first-order valence-electron chi connectivity index (χ1n) is 8.38. The number of para-hydroxylation sites is 2. The number of H-pyrrole nitrogens is 2. The third kappa shape index (κ3) is 2.83. The first-order chi connectivity index (χ1) is 13.2. The molecule has 0 unspecified atom stereocenters. The van der Waals surface area contributed by atoms with Crippen LogP contribution in [0.4, 0.5) is 0 Å². The van der Waals surface area contributed by atoms with Gasteiger partial charge in [-0.05, 0) is 18.2 Å². The molecule has 0 aliphatic carbocycles. The van der Waals surface area contributed by atoms with Gasteiger partial charge in [-0.15, -0.1) is 11.3 Å². The normalized spacial score (nSPS) is 11.4. The van der Waals surface area contributed by atoms with Crippen LogP contribution >= 0.6 is 22.9 Å². The summed E-state index contributed by atoms with van der Waals surface area (Å²) < 4.78 is 0. The van der Waals surface area contributed by atoms with Crippen LogP contribution in [0.25, 0.3) is 32.4 Å². The summed E-state index contributed by atoms with van der Waals surface area (Å²) in [5.41, 5.74) is 3.34. The number of thiophene rings is 1. The molecule has 0 saturated carbocycles. The third-order valence-electron chi connectivity index (χ3n) is 4.43. The molecule has 2 N–H and O–H groups in total. The lowest BCUT2D eigenvalue weighted by Gasteiger charge is -2.03. The summed E-state index contributed by atoms with van der Waals surface area (Å²) in [4.78, 5) is 28.8. The summed E-state index contributed by atoms with van der Waals surface area (Å²) in [6, 6.07) is 15.3. The van der Waals surface area contributed by atoms with E-state index in [-0.39, 0.29) is 5.56 Å². The SMILES string of the molecule is O=c1[nH]c(Cc2nc3ccccc3[nH]2)nc2scc(-c3ccccc3Cl)c12. The van der Waals surface area contributed by atoms with E-state index in [2.05, 4.69) is 19.9 Å². The highest BCUT2D eigenvalue weighted by Crippen LogP contribution is 2.34. The van der Waals surface area contributed by atoms with Crippen LogP contribution in [0, 0.1) is 0 Å². The summed E-state index contributed by atoms with van der Waals surface area (Å²) in [5.74, 6) is 1.35. The Morgan fingerprint density at radius 3 is 2.56 bits per heavy atom. The average molecular weight is 393 g/mol. The maximum Gasteiger partial charge on any atom is 0.260 e. The molecule has 0 spiro atoms. The van der Waals surface area contributed by atoms with Gasteiger partial charge < -0.3 is 9.97 Å². The molecule has 27 heavy (non-hydrogen) atoms.